The van der Waals surface area contributed by atoms with Gasteiger partial charge in [0, 0.05) is 6.54 Å². The Morgan fingerprint density at radius 2 is 2.00 bits per heavy atom. The number of ether oxygens (including phenoxy) is 1. The number of rotatable bonds is 3. The summed E-state index contributed by atoms with van der Waals surface area (Å²) in [5.41, 5.74) is 2.70. The van der Waals surface area contributed by atoms with Crippen LogP contribution in [0.15, 0.2) is 54.9 Å². The van der Waals surface area contributed by atoms with Crippen LogP contribution in [-0.4, -0.2) is 40.1 Å². The van der Waals surface area contributed by atoms with Gasteiger partial charge in [0.1, 0.15) is 18.5 Å². The van der Waals surface area contributed by atoms with E-state index in [-0.39, 0.29) is 24.4 Å². The third kappa shape index (κ3) is 3.25. The SMILES string of the molecule is O=C(Cn1cnc2ccccc21)N1CCOC(c2ccc(F)cc2)C1. The van der Waals surface area contributed by atoms with Crippen molar-refractivity contribution in [2.45, 2.75) is 12.6 Å². The lowest BCUT2D eigenvalue weighted by molar-refractivity contribution is -0.139. The molecular formula is C19H18FN3O2. The van der Waals surface area contributed by atoms with Crippen LogP contribution >= 0.6 is 0 Å². The van der Waals surface area contributed by atoms with E-state index in [0.29, 0.717) is 19.7 Å². The first-order valence-corrected chi connectivity index (χ1v) is 8.25. The second kappa shape index (κ2) is 6.64. The highest BCUT2D eigenvalue weighted by Gasteiger charge is 2.25. The van der Waals surface area contributed by atoms with Crippen molar-refractivity contribution in [1.82, 2.24) is 14.5 Å². The van der Waals surface area contributed by atoms with E-state index in [9.17, 15) is 9.18 Å². The monoisotopic (exact) mass is 339 g/mol. The van der Waals surface area contributed by atoms with E-state index in [1.807, 2.05) is 28.8 Å². The Morgan fingerprint density at radius 1 is 1.20 bits per heavy atom. The summed E-state index contributed by atoms with van der Waals surface area (Å²) in [6.07, 6.45) is 1.47. The second-order valence-electron chi connectivity index (χ2n) is 6.11. The highest BCUT2D eigenvalue weighted by molar-refractivity contribution is 5.80. The minimum atomic E-state index is -0.278. The predicted molar refractivity (Wildman–Crippen MR) is 91.4 cm³/mol. The smallest absolute Gasteiger partial charge is 0.242 e. The zero-order valence-corrected chi connectivity index (χ0v) is 13.6. The molecule has 1 unspecified atom stereocenters. The molecule has 5 nitrogen and oxygen atoms in total. The first-order valence-electron chi connectivity index (χ1n) is 8.25. The number of aromatic nitrogens is 2. The Labute approximate surface area is 144 Å². The normalized spacial score (nSPS) is 17.8. The molecule has 1 aliphatic rings. The van der Waals surface area contributed by atoms with E-state index in [1.165, 1.54) is 12.1 Å². The van der Waals surface area contributed by atoms with Crippen LogP contribution in [0.1, 0.15) is 11.7 Å². The molecule has 1 saturated heterocycles. The summed E-state index contributed by atoms with van der Waals surface area (Å²) >= 11 is 0. The van der Waals surface area contributed by atoms with E-state index in [4.69, 9.17) is 4.74 Å². The highest BCUT2D eigenvalue weighted by Crippen LogP contribution is 2.23. The number of fused-ring (bicyclic) bond motifs is 1. The van der Waals surface area contributed by atoms with E-state index in [0.717, 1.165) is 16.6 Å². The van der Waals surface area contributed by atoms with Crippen LogP contribution in [0.4, 0.5) is 4.39 Å². The van der Waals surface area contributed by atoms with Crippen LogP contribution in [0.25, 0.3) is 11.0 Å². The molecule has 128 valence electrons. The van der Waals surface area contributed by atoms with Crippen molar-refractivity contribution in [1.29, 1.82) is 0 Å². The molecule has 2 aromatic carbocycles. The van der Waals surface area contributed by atoms with Gasteiger partial charge in [0.2, 0.25) is 5.91 Å². The van der Waals surface area contributed by atoms with Crippen LogP contribution in [0, 0.1) is 5.82 Å². The molecule has 1 fully saturated rings. The summed E-state index contributed by atoms with van der Waals surface area (Å²) in [5, 5.41) is 0. The van der Waals surface area contributed by atoms with Crippen molar-refractivity contribution in [3.8, 4) is 0 Å². The number of morpholine rings is 1. The number of imidazole rings is 1. The van der Waals surface area contributed by atoms with E-state index >= 15 is 0 Å². The molecule has 0 N–H and O–H groups in total. The number of carbonyl (C=O) groups is 1. The molecule has 0 saturated carbocycles. The fourth-order valence-electron chi connectivity index (χ4n) is 3.14. The van der Waals surface area contributed by atoms with Gasteiger partial charge in [0.25, 0.3) is 0 Å². The quantitative estimate of drug-likeness (QED) is 0.737. The van der Waals surface area contributed by atoms with Crippen molar-refractivity contribution in [2.75, 3.05) is 19.7 Å². The second-order valence-corrected chi connectivity index (χ2v) is 6.11. The summed E-state index contributed by atoms with van der Waals surface area (Å²) in [4.78, 5) is 18.8. The van der Waals surface area contributed by atoms with Crippen LogP contribution in [0.5, 0.6) is 0 Å². The Hall–Kier alpha value is -2.73. The molecule has 6 heteroatoms. The Bertz CT molecular complexity index is 891. The van der Waals surface area contributed by atoms with Gasteiger partial charge < -0.3 is 14.2 Å². The number of hydrogen-bond donors (Lipinski definition) is 0. The largest absolute Gasteiger partial charge is 0.370 e. The zero-order chi connectivity index (χ0) is 17.2. The van der Waals surface area contributed by atoms with Gasteiger partial charge in [-0.2, -0.15) is 0 Å². The maximum Gasteiger partial charge on any atom is 0.242 e. The zero-order valence-electron chi connectivity index (χ0n) is 13.6. The standard InChI is InChI=1S/C19H18FN3O2/c20-15-7-5-14(6-8-15)18-11-22(9-10-25-18)19(24)12-23-13-21-16-3-1-2-4-17(16)23/h1-8,13,18H,9-12H2. The number of halogens is 1. The number of para-hydroxylation sites is 2. The summed E-state index contributed by atoms with van der Waals surface area (Å²) in [5.74, 6) is -0.252. The molecule has 0 spiro atoms. The van der Waals surface area contributed by atoms with Gasteiger partial charge in [0.15, 0.2) is 0 Å². The number of amides is 1. The summed E-state index contributed by atoms with van der Waals surface area (Å²) in [6, 6.07) is 14.0. The molecule has 0 aliphatic carbocycles. The number of hydrogen-bond acceptors (Lipinski definition) is 3. The average molecular weight is 339 g/mol. The minimum Gasteiger partial charge on any atom is -0.370 e. The highest BCUT2D eigenvalue weighted by atomic mass is 19.1. The first kappa shape index (κ1) is 15.8. The molecule has 2 heterocycles. The van der Waals surface area contributed by atoms with Gasteiger partial charge in [-0.3, -0.25) is 4.79 Å². The summed E-state index contributed by atoms with van der Waals surface area (Å²) in [6.45, 7) is 1.75. The Balaban J connectivity index is 1.47. The molecule has 1 amide bonds. The lowest BCUT2D eigenvalue weighted by atomic mass is 10.1. The third-order valence-electron chi connectivity index (χ3n) is 4.49. The molecule has 0 bridgehead atoms. The van der Waals surface area contributed by atoms with Crippen molar-refractivity contribution < 1.29 is 13.9 Å². The Morgan fingerprint density at radius 3 is 2.84 bits per heavy atom. The molecule has 25 heavy (non-hydrogen) atoms. The van der Waals surface area contributed by atoms with Gasteiger partial charge in [-0.05, 0) is 29.8 Å². The molecule has 3 aromatic rings. The fraction of sp³-hybridized carbons (Fsp3) is 0.263. The van der Waals surface area contributed by atoms with Crippen molar-refractivity contribution in [2.24, 2.45) is 0 Å². The van der Waals surface area contributed by atoms with Gasteiger partial charge in [0.05, 0.1) is 30.5 Å². The van der Waals surface area contributed by atoms with Crippen LogP contribution < -0.4 is 0 Å². The fourth-order valence-corrected chi connectivity index (χ4v) is 3.14. The number of benzene rings is 2. The topological polar surface area (TPSA) is 47.4 Å². The van der Waals surface area contributed by atoms with Gasteiger partial charge >= 0.3 is 0 Å². The third-order valence-corrected chi connectivity index (χ3v) is 4.49. The summed E-state index contributed by atoms with van der Waals surface area (Å²) in [7, 11) is 0. The van der Waals surface area contributed by atoms with Crippen molar-refractivity contribution in [3.05, 3.63) is 66.2 Å². The van der Waals surface area contributed by atoms with Gasteiger partial charge in [-0.15, -0.1) is 0 Å². The average Bonchev–Trinajstić information content (AvgIpc) is 3.05. The summed E-state index contributed by atoms with van der Waals surface area (Å²) < 4.78 is 20.7. The maximum atomic E-state index is 13.1. The predicted octanol–water partition coefficient (Wildman–Crippen LogP) is 2.78. The van der Waals surface area contributed by atoms with Gasteiger partial charge in [-0.1, -0.05) is 24.3 Å². The van der Waals surface area contributed by atoms with Crippen LogP contribution in [-0.2, 0) is 16.1 Å². The minimum absolute atomic E-state index is 0.0264. The van der Waals surface area contributed by atoms with Crippen molar-refractivity contribution >= 4 is 16.9 Å². The molecule has 1 aromatic heterocycles. The molecule has 4 rings (SSSR count). The van der Waals surface area contributed by atoms with Crippen LogP contribution in [0.2, 0.25) is 0 Å². The van der Waals surface area contributed by atoms with Crippen LogP contribution in [0.3, 0.4) is 0 Å². The number of carbonyl (C=O) groups excluding carboxylic acids is 1. The van der Waals surface area contributed by atoms with E-state index in [2.05, 4.69) is 4.98 Å². The molecular weight excluding hydrogens is 321 g/mol. The Kier molecular flexibility index (Phi) is 4.19. The molecule has 0 radical (unpaired) electrons. The molecule has 1 aliphatic heterocycles. The maximum absolute atomic E-state index is 13.1. The first-order chi connectivity index (χ1) is 12.2. The van der Waals surface area contributed by atoms with Gasteiger partial charge in [-0.25, -0.2) is 9.37 Å². The van der Waals surface area contributed by atoms with E-state index in [1.54, 1.807) is 23.4 Å². The molecule has 1 atom stereocenters. The van der Waals surface area contributed by atoms with Crippen molar-refractivity contribution in [3.63, 3.8) is 0 Å². The lowest BCUT2D eigenvalue weighted by Gasteiger charge is -2.33. The number of nitrogens with zero attached hydrogens (tertiary/aromatic N) is 3. The lowest BCUT2D eigenvalue weighted by Crippen LogP contribution is -2.43. The van der Waals surface area contributed by atoms with E-state index < -0.39 is 0 Å².